The van der Waals surface area contributed by atoms with Crippen LogP contribution in [0.3, 0.4) is 0 Å². The molecule has 0 saturated carbocycles. The molecule has 0 N–H and O–H groups in total. The fourth-order valence-electron chi connectivity index (χ4n) is 4.43. The van der Waals surface area contributed by atoms with Gasteiger partial charge in [0.15, 0.2) is 0 Å². The molecule has 2 aromatic carbocycles. The first kappa shape index (κ1) is 21.6. The summed E-state index contributed by atoms with van der Waals surface area (Å²) in [5, 5.41) is 12.2. The lowest BCUT2D eigenvalue weighted by Gasteiger charge is -2.49. The lowest BCUT2D eigenvalue weighted by Crippen LogP contribution is -2.73. The Kier molecular flexibility index (Phi) is 5.70. The molecule has 2 amide bonds. The van der Waals surface area contributed by atoms with Crippen LogP contribution in [-0.4, -0.2) is 84.2 Å². The molecule has 2 saturated heterocycles. The highest BCUT2D eigenvalue weighted by Crippen LogP contribution is 2.31. The molecule has 2 aliphatic rings. The number of rotatable bonds is 5. The third kappa shape index (κ3) is 3.73. The predicted octanol–water partition coefficient (Wildman–Crippen LogP) is 1.55. The van der Waals surface area contributed by atoms with Gasteiger partial charge in [0.05, 0.1) is 58.3 Å². The van der Waals surface area contributed by atoms with E-state index in [0.29, 0.717) is 22.6 Å². The molecule has 0 aliphatic carbocycles. The molecule has 10 nitrogen and oxygen atoms in total. The fourth-order valence-corrected chi connectivity index (χ4v) is 4.43. The van der Waals surface area contributed by atoms with Gasteiger partial charge < -0.3 is 19.3 Å². The van der Waals surface area contributed by atoms with Crippen LogP contribution in [0.25, 0.3) is 0 Å². The summed E-state index contributed by atoms with van der Waals surface area (Å²) in [6.45, 7) is 0.280. The first-order valence-electron chi connectivity index (χ1n) is 10.1. The summed E-state index contributed by atoms with van der Waals surface area (Å²) in [4.78, 5) is 42.9. The summed E-state index contributed by atoms with van der Waals surface area (Å²) >= 11 is 0. The molecule has 2 aliphatic heterocycles. The third-order valence-electron chi connectivity index (χ3n) is 5.87. The van der Waals surface area contributed by atoms with Crippen molar-refractivity contribution in [2.75, 3.05) is 47.2 Å². The molecule has 0 aromatic heterocycles. The van der Waals surface area contributed by atoms with Crippen LogP contribution in [0, 0.1) is 10.1 Å². The van der Waals surface area contributed by atoms with Crippen LogP contribution in [0.1, 0.15) is 20.7 Å². The molecule has 0 atom stereocenters. The predicted molar refractivity (Wildman–Crippen MR) is 114 cm³/mol. The van der Waals surface area contributed by atoms with Crippen molar-refractivity contribution >= 4 is 11.8 Å². The molecule has 32 heavy (non-hydrogen) atoms. The zero-order chi connectivity index (χ0) is 22.9. The molecule has 4 rings (SSSR count). The number of hydrogen-bond acceptors (Lipinski definition) is 7. The van der Waals surface area contributed by atoms with Gasteiger partial charge in [0.2, 0.25) is 0 Å². The van der Waals surface area contributed by atoms with Crippen molar-refractivity contribution in [3.63, 3.8) is 0 Å². The lowest BCUT2D eigenvalue weighted by atomic mass is 9.92. The number of fused-ring (bicyclic) bond motifs is 2. The number of methoxy groups -OCH3 is 2. The van der Waals surface area contributed by atoms with Gasteiger partial charge in [-0.15, -0.1) is 0 Å². The Morgan fingerprint density at radius 1 is 0.844 bits per heavy atom. The van der Waals surface area contributed by atoms with Gasteiger partial charge in [-0.1, -0.05) is 24.3 Å². The molecule has 2 fully saturated rings. The highest BCUT2D eigenvalue weighted by Gasteiger charge is 2.55. The first-order valence-corrected chi connectivity index (χ1v) is 10.1. The molecule has 2 heterocycles. The normalized spacial score (nSPS) is 22.2. The van der Waals surface area contributed by atoms with Crippen LogP contribution in [0.2, 0.25) is 0 Å². The van der Waals surface area contributed by atoms with E-state index in [1.807, 2.05) is 0 Å². The van der Waals surface area contributed by atoms with Crippen LogP contribution in [0.15, 0.2) is 48.5 Å². The van der Waals surface area contributed by atoms with Gasteiger partial charge in [0.25, 0.3) is 17.4 Å². The number of para-hydroxylation sites is 2. The topological polar surface area (TPSA) is 105 Å². The molecule has 2 bridgehead atoms. The molecule has 0 radical (unpaired) electrons. The highest BCUT2D eigenvalue weighted by atomic mass is 16.6. The summed E-state index contributed by atoms with van der Waals surface area (Å²) in [5.41, 5.74) is -0.806. The Morgan fingerprint density at radius 3 is 1.69 bits per heavy atom. The number of hydrogen-bond donors (Lipinski definition) is 0. The van der Waals surface area contributed by atoms with Gasteiger partial charge in [0, 0.05) is 4.92 Å². The van der Waals surface area contributed by atoms with E-state index in [0.717, 1.165) is 0 Å². The maximum Gasteiger partial charge on any atom is 0.269 e. The number of carbonyl (C=O) groups is 2. The summed E-state index contributed by atoms with van der Waals surface area (Å²) in [6.07, 6.45) is 0. The zero-order valence-electron chi connectivity index (χ0n) is 17.9. The minimum absolute atomic E-state index is 0.108. The average Bonchev–Trinajstić information content (AvgIpc) is 2.82. The van der Waals surface area contributed by atoms with Gasteiger partial charge in [-0.2, -0.15) is 0 Å². The van der Waals surface area contributed by atoms with Crippen LogP contribution >= 0.6 is 0 Å². The molecule has 10 heteroatoms. The molecule has 2 aromatic rings. The van der Waals surface area contributed by atoms with Crippen molar-refractivity contribution in [3.05, 3.63) is 69.8 Å². The van der Waals surface area contributed by atoms with Crippen molar-refractivity contribution in [3.8, 4) is 11.5 Å². The molecular formula is C22H24N4O6. The highest BCUT2D eigenvalue weighted by molar-refractivity contribution is 5.98. The standard InChI is InChI=1S/C22H24N4O6/c1-31-18-9-5-3-7-16(18)20(27)24-12-22(26(29)30)11-23(14-24)15-25(13-22)21(28)17-8-4-6-10-19(17)32-2/h3-10H,11-15H2,1-2H3. The van der Waals surface area contributed by atoms with Crippen LogP contribution < -0.4 is 9.47 Å². The summed E-state index contributed by atoms with van der Waals surface area (Å²) in [6, 6.07) is 13.6. The average molecular weight is 440 g/mol. The quantitative estimate of drug-likeness (QED) is 0.513. The van der Waals surface area contributed by atoms with E-state index < -0.39 is 5.54 Å². The van der Waals surface area contributed by atoms with Gasteiger partial charge in [-0.05, 0) is 24.3 Å². The Morgan fingerprint density at radius 2 is 1.28 bits per heavy atom. The maximum absolute atomic E-state index is 13.2. The van der Waals surface area contributed by atoms with E-state index >= 15 is 0 Å². The van der Waals surface area contributed by atoms with Gasteiger partial charge >= 0.3 is 0 Å². The van der Waals surface area contributed by atoms with Crippen molar-refractivity contribution in [2.45, 2.75) is 5.54 Å². The van der Waals surface area contributed by atoms with E-state index in [9.17, 15) is 19.7 Å². The number of nitro groups is 1. The Balaban J connectivity index is 1.61. The molecule has 0 spiro atoms. The monoisotopic (exact) mass is 440 g/mol. The minimum Gasteiger partial charge on any atom is -0.496 e. The van der Waals surface area contributed by atoms with Crippen LogP contribution in [0.4, 0.5) is 0 Å². The molecular weight excluding hydrogens is 416 g/mol. The SMILES string of the molecule is COc1ccccc1C(=O)N1CN2CN(C(=O)c3ccccc3OC)CC([N+](=O)[O-])(C2)C1. The summed E-state index contributed by atoms with van der Waals surface area (Å²) in [7, 11) is 2.95. The number of nitrogens with zero attached hydrogens (tertiary/aromatic N) is 4. The maximum atomic E-state index is 13.2. The second kappa shape index (κ2) is 8.46. The Hall–Kier alpha value is -3.66. The van der Waals surface area contributed by atoms with Crippen molar-refractivity contribution < 1.29 is 24.0 Å². The van der Waals surface area contributed by atoms with E-state index in [4.69, 9.17) is 9.47 Å². The minimum atomic E-state index is -1.49. The van der Waals surface area contributed by atoms with Crippen LogP contribution in [0.5, 0.6) is 11.5 Å². The van der Waals surface area contributed by atoms with Gasteiger partial charge in [0.1, 0.15) is 11.5 Å². The molecule has 0 unspecified atom stereocenters. The number of carbonyl (C=O) groups excluding carboxylic acids is 2. The van der Waals surface area contributed by atoms with Crippen molar-refractivity contribution in [1.82, 2.24) is 14.7 Å². The van der Waals surface area contributed by atoms with Gasteiger partial charge in [-0.25, -0.2) is 0 Å². The number of amides is 2. The van der Waals surface area contributed by atoms with E-state index in [1.54, 1.807) is 53.4 Å². The second-order valence-corrected chi connectivity index (χ2v) is 8.00. The summed E-state index contributed by atoms with van der Waals surface area (Å²) < 4.78 is 10.6. The van der Waals surface area contributed by atoms with Gasteiger partial charge in [-0.3, -0.25) is 24.6 Å². The fraction of sp³-hybridized carbons (Fsp3) is 0.364. The van der Waals surface area contributed by atoms with Crippen molar-refractivity contribution in [1.29, 1.82) is 0 Å². The largest absolute Gasteiger partial charge is 0.496 e. The van der Waals surface area contributed by atoms with E-state index in [-0.39, 0.29) is 49.7 Å². The Labute approximate surface area is 185 Å². The van der Waals surface area contributed by atoms with Crippen LogP contribution in [-0.2, 0) is 0 Å². The number of ether oxygens (including phenoxy) is 2. The number of benzene rings is 2. The first-order chi connectivity index (χ1) is 15.4. The molecule has 168 valence electrons. The zero-order valence-corrected chi connectivity index (χ0v) is 17.9. The van der Waals surface area contributed by atoms with Crippen molar-refractivity contribution in [2.24, 2.45) is 0 Å². The third-order valence-corrected chi connectivity index (χ3v) is 5.87. The second-order valence-electron chi connectivity index (χ2n) is 8.00. The Bertz CT molecular complexity index is 987. The smallest absolute Gasteiger partial charge is 0.269 e. The van der Waals surface area contributed by atoms with E-state index in [1.165, 1.54) is 24.0 Å². The lowest BCUT2D eigenvalue weighted by molar-refractivity contribution is -0.578. The summed E-state index contributed by atoms with van der Waals surface area (Å²) in [5.74, 6) is 0.128. The van der Waals surface area contributed by atoms with E-state index in [2.05, 4.69) is 0 Å².